The maximum atomic E-state index is 5.93. The van der Waals surface area contributed by atoms with Crippen LogP contribution in [0.2, 0.25) is 0 Å². The topological polar surface area (TPSA) is 55.9 Å². The van der Waals surface area contributed by atoms with Gasteiger partial charge in [0.1, 0.15) is 23.6 Å². The second-order valence-electron chi connectivity index (χ2n) is 5.23. The maximum Gasteiger partial charge on any atom is 0.126 e. The molecule has 0 atom stereocenters. The molecule has 0 saturated carbocycles. The Hall–Kier alpha value is -2.14. The number of para-hydroxylation sites is 1. The number of fused-ring (bicyclic) bond motifs is 1. The minimum absolute atomic E-state index is 0.606. The van der Waals surface area contributed by atoms with Gasteiger partial charge >= 0.3 is 0 Å². The van der Waals surface area contributed by atoms with Crippen molar-refractivity contribution in [3.8, 4) is 0 Å². The van der Waals surface area contributed by atoms with E-state index in [2.05, 4.69) is 35.5 Å². The molecule has 3 aromatic rings. The Bertz CT molecular complexity index is 729. The zero-order valence-electron chi connectivity index (χ0n) is 12.5. The van der Waals surface area contributed by atoms with Crippen molar-refractivity contribution in [2.75, 3.05) is 6.54 Å². The van der Waals surface area contributed by atoms with Crippen molar-refractivity contribution >= 4 is 11.0 Å². The summed E-state index contributed by atoms with van der Waals surface area (Å²) in [4.78, 5) is 0. The van der Waals surface area contributed by atoms with E-state index < -0.39 is 0 Å². The number of nitrogens with zero attached hydrogens (tertiary/aromatic N) is 3. The van der Waals surface area contributed by atoms with E-state index in [4.69, 9.17) is 4.42 Å². The fourth-order valence-electron chi connectivity index (χ4n) is 2.40. The van der Waals surface area contributed by atoms with Gasteiger partial charge in [-0.25, -0.2) is 4.68 Å². The second-order valence-corrected chi connectivity index (χ2v) is 5.23. The van der Waals surface area contributed by atoms with Crippen LogP contribution in [0.25, 0.3) is 11.0 Å². The largest absolute Gasteiger partial charge is 0.462 e. The van der Waals surface area contributed by atoms with Crippen molar-refractivity contribution in [3.05, 3.63) is 47.4 Å². The van der Waals surface area contributed by atoms with Gasteiger partial charge in [0.2, 0.25) is 0 Å². The summed E-state index contributed by atoms with van der Waals surface area (Å²) in [5.74, 6) is 1.92. The molecule has 2 heterocycles. The lowest BCUT2D eigenvalue weighted by molar-refractivity contribution is 0.429. The molecule has 5 heteroatoms. The summed E-state index contributed by atoms with van der Waals surface area (Å²) in [7, 11) is 0. The first kappa shape index (κ1) is 13.8. The summed E-state index contributed by atoms with van der Waals surface area (Å²) >= 11 is 0. The van der Waals surface area contributed by atoms with Crippen LogP contribution in [0.1, 0.15) is 30.4 Å². The molecular weight excluding hydrogens is 264 g/mol. The van der Waals surface area contributed by atoms with Crippen LogP contribution in [-0.4, -0.2) is 21.5 Å². The number of hydrogen-bond donors (Lipinski definition) is 1. The Morgan fingerprint density at radius 2 is 2.14 bits per heavy atom. The van der Waals surface area contributed by atoms with Crippen molar-refractivity contribution in [2.24, 2.45) is 0 Å². The van der Waals surface area contributed by atoms with Crippen molar-refractivity contribution in [1.82, 2.24) is 20.3 Å². The van der Waals surface area contributed by atoms with Gasteiger partial charge in [0.25, 0.3) is 0 Å². The highest BCUT2D eigenvalue weighted by Gasteiger charge is 2.10. The third-order valence-corrected chi connectivity index (χ3v) is 3.51. The molecule has 0 amide bonds. The predicted molar refractivity (Wildman–Crippen MR) is 82.1 cm³/mol. The average Bonchev–Trinajstić information content (AvgIpc) is 3.05. The van der Waals surface area contributed by atoms with Crippen molar-refractivity contribution in [1.29, 1.82) is 0 Å². The molecule has 0 aliphatic rings. The molecular formula is C16H20N4O. The molecule has 5 nitrogen and oxygen atoms in total. The highest BCUT2D eigenvalue weighted by atomic mass is 16.3. The average molecular weight is 284 g/mol. The van der Waals surface area contributed by atoms with Crippen molar-refractivity contribution in [2.45, 2.75) is 33.4 Å². The summed E-state index contributed by atoms with van der Waals surface area (Å²) in [6, 6.07) is 10.0. The predicted octanol–water partition coefficient (Wildman–Crippen LogP) is 2.88. The van der Waals surface area contributed by atoms with Crippen LogP contribution in [0.3, 0.4) is 0 Å². The van der Waals surface area contributed by atoms with E-state index in [1.54, 1.807) is 0 Å². The van der Waals surface area contributed by atoms with Crippen LogP contribution in [0.4, 0.5) is 0 Å². The zero-order chi connectivity index (χ0) is 14.7. The van der Waals surface area contributed by atoms with Gasteiger partial charge in [-0.2, -0.15) is 0 Å². The van der Waals surface area contributed by atoms with E-state index in [0.717, 1.165) is 42.1 Å². The monoisotopic (exact) mass is 284 g/mol. The number of aromatic nitrogens is 3. The lowest BCUT2D eigenvalue weighted by Crippen LogP contribution is -2.13. The Labute approximate surface area is 123 Å². The normalized spacial score (nSPS) is 11.3. The van der Waals surface area contributed by atoms with E-state index in [9.17, 15) is 0 Å². The quantitative estimate of drug-likeness (QED) is 0.707. The number of aryl methyl sites for hydroxylation is 1. The van der Waals surface area contributed by atoms with Crippen LogP contribution >= 0.6 is 0 Å². The summed E-state index contributed by atoms with van der Waals surface area (Å²) in [5, 5.41) is 11.7. The fraction of sp³-hybridized carbons (Fsp3) is 0.375. The molecule has 0 bridgehead atoms. The Balaban J connectivity index is 1.77. The molecule has 1 N–H and O–H groups in total. The van der Waals surface area contributed by atoms with Gasteiger partial charge in [0.15, 0.2) is 0 Å². The first-order chi connectivity index (χ1) is 10.3. The SMILES string of the molecule is CCCNCc1oc(Cn2nnc3ccccc32)cc1C. The van der Waals surface area contributed by atoms with Gasteiger partial charge in [-0.15, -0.1) is 5.10 Å². The maximum absolute atomic E-state index is 5.93. The molecule has 0 radical (unpaired) electrons. The summed E-state index contributed by atoms with van der Waals surface area (Å²) in [6.45, 7) is 6.62. The van der Waals surface area contributed by atoms with Gasteiger partial charge < -0.3 is 9.73 Å². The minimum atomic E-state index is 0.606. The minimum Gasteiger partial charge on any atom is -0.462 e. The zero-order valence-corrected chi connectivity index (χ0v) is 12.5. The Morgan fingerprint density at radius 1 is 1.29 bits per heavy atom. The summed E-state index contributed by atoms with van der Waals surface area (Å²) in [6.07, 6.45) is 1.12. The standard InChI is InChI=1S/C16H20N4O/c1-3-8-17-10-16-12(2)9-13(21-16)11-20-15-7-5-4-6-14(15)18-19-20/h4-7,9,17H,3,8,10-11H2,1-2H3. The lowest BCUT2D eigenvalue weighted by Gasteiger charge is -2.01. The van der Waals surface area contributed by atoms with Crippen molar-refractivity contribution in [3.63, 3.8) is 0 Å². The van der Waals surface area contributed by atoms with Crippen LogP contribution in [0, 0.1) is 6.92 Å². The van der Waals surface area contributed by atoms with E-state index in [1.807, 2.05) is 28.9 Å². The van der Waals surface area contributed by atoms with E-state index in [-0.39, 0.29) is 0 Å². The van der Waals surface area contributed by atoms with Crippen LogP contribution in [-0.2, 0) is 13.1 Å². The van der Waals surface area contributed by atoms with Gasteiger partial charge in [-0.3, -0.25) is 0 Å². The van der Waals surface area contributed by atoms with Crippen LogP contribution in [0.15, 0.2) is 34.7 Å². The molecule has 3 rings (SSSR count). The molecule has 0 fully saturated rings. The smallest absolute Gasteiger partial charge is 0.126 e. The third kappa shape index (κ3) is 2.97. The van der Waals surface area contributed by atoms with E-state index in [1.165, 1.54) is 5.56 Å². The van der Waals surface area contributed by atoms with Crippen LogP contribution in [0.5, 0.6) is 0 Å². The number of hydrogen-bond acceptors (Lipinski definition) is 4. The van der Waals surface area contributed by atoms with Crippen molar-refractivity contribution < 1.29 is 4.42 Å². The van der Waals surface area contributed by atoms with Gasteiger partial charge in [0, 0.05) is 0 Å². The second kappa shape index (κ2) is 6.10. The molecule has 110 valence electrons. The number of rotatable bonds is 6. The number of benzene rings is 1. The Kier molecular flexibility index (Phi) is 4.01. The number of nitrogens with one attached hydrogen (secondary N) is 1. The van der Waals surface area contributed by atoms with Crippen LogP contribution < -0.4 is 5.32 Å². The van der Waals surface area contributed by atoms with Gasteiger partial charge in [-0.05, 0) is 43.7 Å². The van der Waals surface area contributed by atoms with E-state index in [0.29, 0.717) is 6.54 Å². The third-order valence-electron chi connectivity index (χ3n) is 3.51. The lowest BCUT2D eigenvalue weighted by atomic mass is 10.2. The molecule has 21 heavy (non-hydrogen) atoms. The molecule has 0 unspecified atom stereocenters. The first-order valence-electron chi connectivity index (χ1n) is 7.35. The molecule has 1 aromatic carbocycles. The molecule has 0 aliphatic heterocycles. The molecule has 0 aliphatic carbocycles. The Morgan fingerprint density at radius 3 is 3.00 bits per heavy atom. The highest BCUT2D eigenvalue weighted by molar-refractivity contribution is 5.73. The van der Waals surface area contributed by atoms with E-state index >= 15 is 0 Å². The summed E-state index contributed by atoms with van der Waals surface area (Å²) < 4.78 is 7.80. The highest BCUT2D eigenvalue weighted by Crippen LogP contribution is 2.17. The number of furan rings is 1. The molecule has 0 spiro atoms. The summed E-state index contributed by atoms with van der Waals surface area (Å²) in [5.41, 5.74) is 3.11. The molecule has 2 aromatic heterocycles. The molecule has 0 saturated heterocycles. The van der Waals surface area contributed by atoms with Gasteiger partial charge in [0.05, 0.1) is 12.1 Å². The fourth-order valence-corrected chi connectivity index (χ4v) is 2.40. The van der Waals surface area contributed by atoms with Gasteiger partial charge in [-0.1, -0.05) is 24.3 Å². The first-order valence-corrected chi connectivity index (χ1v) is 7.35.